The Kier molecular flexibility index (Phi) is 3.91. The van der Waals surface area contributed by atoms with Crippen LogP contribution in [-0.2, 0) is 0 Å². The van der Waals surface area contributed by atoms with Gasteiger partial charge in [0.05, 0.1) is 11.6 Å². The number of aromatic nitrogens is 1. The van der Waals surface area contributed by atoms with E-state index in [4.69, 9.17) is 0 Å². The molecule has 1 atom stereocenters. The van der Waals surface area contributed by atoms with Crippen LogP contribution >= 0.6 is 0 Å². The van der Waals surface area contributed by atoms with Crippen LogP contribution < -0.4 is 10.9 Å². The fraction of sp³-hybridized carbons (Fsp3) is 0.389. The second-order valence-corrected chi connectivity index (χ2v) is 6.57. The number of para-hydroxylation sites is 1. The summed E-state index contributed by atoms with van der Waals surface area (Å²) in [7, 11) is 0. The summed E-state index contributed by atoms with van der Waals surface area (Å²) < 4.78 is 0. The van der Waals surface area contributed by atoms with Gasteiger partial charge in [-0.3, -0.25) is 9.59 Å². The standard InChI is InChI=1S/C18H20N4O3/c23-16-10-14(13-5-1-2-6-15(13)20-16)17(24)21-8-3-4-12(11-21)22-9-7-19-18(22)25/h1-2,5-6,10,12H,3-4,7-9,11H2,(H,19,25)(H,20,23)/t12-/m0/s1. The Morgan fingerprint density at radius 2 is 2.00 bits per heavy atom. The van der Waals surface area contributed by atoms with Gasteiger partial charge in [-0.15, -0.1) is 0 Å². The van der Waals surface area contributed by atoms with E-state index in [0.29, 0.717) is 37.3 Å². The molecule has 2 N–H and O–H groups in total. The number of aromatic amines is 1. The van der Waals surface area contributed by atoms with E-state index in [-0.39, 0.29) is 23.5 Å². The molecule has 3 heterocycles. The summed E-state index contributed by atoms with van der Waals surface area (Å²) in [6.07, 6.45) is 1.74. The van der Waals surface area contributed by atoms with Crippen molar-refractivity contribution < 1.29 is 9.59 Å². The molecule has 0 unspecified atom stereocenters. The van der Waals surface area contributed by atoms with Crippen LogP contribution in [0.3, 0.4) is 0 Å². The van der Waals surface area contributed by atoms with Gasteiger partial charge < -0.3 is 20.1 Å². The Labute approximate surface area is 144 Å². The summed E-state index contributed by atoms with van der Waals surface area (Å²) in [6, 6.07) is 8.67. The number of nitrogens with zero attached hydrogens (tertiary/aromatic N) is 2. The van der Waals surface area contributed by atoms with E-state index in [1.165, 1.54) is 6.07 Å². The third-order valence-corrected chi connectivity index (χ3v) is 5.00. The maximum absolute atomic E-state index is 13.1. The fourth-order valence-electron chi connectivity index (χ4n) is 3.78. The first-order valence-electron chi connectivity index (χ1n) is 8.59. The fourth-order valence-corrected chi connectivity index (χ4v) is 3.78. The molecule has 0 aliphatic carbocycles. The largest absolute Gasteiger partial charge is 0.337 e. The third-order valence-electron chi connectivity index (χ3n) is 5.00. The van der Waals surface area contributed by atoms with Crippen molar-refractivity contribution in [1.29, 1.82) is 0 Å². The number of hydrogen-bond donors (Lipinski definition) is 2. The van der Waals surface area contributed by atoms with Crippen LogP contribution in [0, 0.1) is 0 Å². The highest BCUT2D eigenvalue weighted by Crippen LogP contribution is 2.22. The van der Waals surface area contributed by atoms with Crippen LogP contribution in [0.1, 0.15) is 23.2 Å². The van der Waals surface area contributed by atoms with Gasteiger partial charge >= 0.3 is 6.03 Å². The molecule has 3 amide bonds. The number of rotatable bonds is 2. The molecule has 4 rings (SSSR count). The Morgan fingerprint density at radius 1 is 1.16 bits per heavy atom. The number of likely N-dealkylation sites (tertiary alicyclic amines) is 1. The minimum atomic E-state index is -0.283. The highest BCUT2D eigenvalue weighted by Gasteiger charge is 2.33. The van der Waals surface area contributed by atoms with E-state index in [1.54, 1.807) is 11.0 Å². The van der Waals surface area contributed by atoms with Gasteiger partial charge in [-0.1, -0.05) is 18.2 Å². The highest BCUT2D eigenvalue weighted by molar-refractivity contribution is 6.06. The van der Waals surface area contributed by atoms with Crippen LogP contribution in [0.15, 0.2) is 35.1 Å². The van der Waals surface area contributed by atoms with Crippen LogP contribution in [0.4, 0.5) is 4.79 Å². The topological polar surface area (TPSA) is 85.5 Å². The molecule has 130 valence electrons. The molecule has 0 radical (unpaired) electrons. The summed E-state index contributed by atoms with van der Waals surface area (Å²) >= 11 is 0. The van der Waals surface area contributed by atoms with Crippen molar-refractivity contribution in [3.63, 3.8) is 0 Å². The zero-order valence-electron chi connectivity index (χ0n) is 13.8. The number of piperidine rings is 1. The highest BCUT2D eigenvalue weighted by atomic mass is 16.2. The lowest BCUT2D eigenvalue weighted by atomic mass is 10.0. The molecule has 1 aromatic heterocycles. The van der Waals surface area contributed by atoms with E-state index in [2.05, 4.69) is 10.3 Å². The van der Waals surface area contributed by atoms with Gasteiger partial charge in [0, 0.05) is 43.1 Å². The third kappa shape index (κ3) is 2.86. The number of H-pyrrole nitrogens is 1. The summed E-state index contributed by atoms with van der Waals surface area (Å²) in [6.45, 7) is 2.49. The summed E-state index contributed by atoms with van der Waals surface area (Å²) in [4.78, 5) is 43.2. The molecule has 7 heteroatoms. The molecule has 2 aromatic rings. The predicted octanol–water partition coefficient (Wildman–Crippen LogP) is 1.16. The molecule has 2 aliphatic heterocycles. The molecule has 0 spiro atoms. The van der Waals surface area contributed by atoms with Crippen molar-refractivity contribution in [1.82, 2.24) is 20.1 Å². The second-order valence-electron chi connectivity index (χ2n) is 6.57. The average Bonchev–Trinajstić information content (AvgIpc) is 3.06. The summed E-state index contributed by atoms with van der Waals surface area (Å²) in [5.74, 6) is -0.147. The van der Waals surface area contributed by atoms with Gasteiger partial charge in [-0.2, -0.15) is 0 Å². The monoisotopic (exact) mass is 340 g/mol. The van der Waals surface area contributed by atoms with Crippen LogP contribution in [0.25, 0.3) is 10.9 Å². The van der Waals surface area contributed by atoms with Crippen molar-refractivity contribution in [2.75, 3.05) is 26.2 Å². The lowest BCUT2D eigenvalue weighted by Crippen LogP contribution is -2.50. The van der Waals surface area contributed by atoms with E-state index >= 15 is 0 Å². The van der Waals surface area contributed by atoms with Crippen LogP contribution in [0.2, 0.25) is 0 Å². The Balaban J connectivity index is 1.62. The van der Waals surface area contributed by atoms with Gasteiger partial charge in [-0.25, -0.2) is 4.79 Å². The van der Waals surface area contributed by atoms with E-state index < -0.39 is 0 Å². The number of urea groups is 1. The maximum atomic E-state index is 13.1. The van der Waals surface area contributed by atoms with Gasteiger partial charge in [0.25, 0.3) is 5.91 Å². The molecule has 2 fully saturated rings. The Hall–Kier alpha value is -2.83. The number of carbonyl (C=O) groups excluding carboxylic acids is 2. The molecule has 7 nitrogen and oxygen atoms in total. The minimum Gasteiger partial charge on any atom is -0.337 e. The van der Waals surface area contributed by atoms with Gasteiger partial charge in [0.15, 0.2) is 0 Å². The van der Waals surface area contributed by atoms with E-state index in [9.17, 15) is 14.4 Å². The molecule has 2 aliphatic rings. The summed E-state index contributed by atoms with van der Waals surface area (Å²) in [5.41, 5.74) is 0.797. The van der Waals surface area contributed by atoms with Crippen molar-refractivity contribution in [2.24, 2.45) is 0 Å². The van der Waals surface area contributed by atoms with Gasteiger partial charge in [0.1, 0.15) is 0 Å². The molecule has 0 bridgehead atoms. The quantitative estimate of drug-likeness (QED) is 0.860. The van der Waals surface area contributed by atoms with Crippen molar-refractivity contribution in [3.05, 3.63) is 46.2 Å². The van der Waals surface area contributed by atoms with E-state index in [1.807, 2.05) is 23.1 Å². The molecule has 25 heavy (non-hydrogen) atoms. The van der Waals surface area contributed by atoms with Gasteiger partial charge in [0.2, 0.25) is 5.56 Å². The van der Waals surface area contributed by atoms with Gasteiger partial charge in [-0.05, 0) is 18.9 Å². The Bertz CT molecular complexity index is 891. The molecular formula is C18H20N4O3. The zero-order valence-corrected chi connectivity index (χ0v) is 13.8. The number of fused-ring (bicyclic) bond motifs is 1. The van der Waals surface area contributed by atoms with Crippen molar-refractivity contribution in [2.45, 2.75) is 18.9 Å². The normalized spacial score (nSPS) is 20.8. The zero-order chi connectivity index (χ0) is 17.4. The number of amides is 3. The first kappa shape index (κ1) is 15.7. The molecule has 2 saturated heterocycles. The SMILES string of the molecule is O=C(c1cc(=O)[nH]c2ccccc12)N1CCC[C@H](N2CCNC2=O)C1. The lowest BCUT2D eigenvalue weighted by Gasteiger charge is -2.37. The Morgan fingerprint density at radius 3 is 2.80 bits per heavy atom. The average molecular weight is 340 g/mol. The first-order valence-corrected chi connectivity index (χ1v) is 8.59. The second kappa shape index (κ2) is 6.23. The van der Waals surface area contributed by atoms with Crippen molar-refractivity contribution >= 4 is 22.8 Å². The number of carbonyl (C=O) groups is 2. The first-order chi connectivity index (χ1) is 12.1. The lowest BCUT2D eigenvalue weighted by molar-refractivity contribution is 0.0636. The summed E-state index contributed by atoms with van der Waals surface area (Å²) in [5, 5.41) is 3.56. The van der Waals surface area contributed by atoms with E-state index in [0.717, 1.165) is 18.2 Å². The number of benzene rings is 1. The molecule has 1 aromatic carbocycles. The number of hydrogen-bond acceptors (Lipinski definition) is 3. The predicted molar refractivity (Wildman–Crippen MR) is 93.6 cm³/mol. The smallest absolute Gasteiger partial charge is 0.317 e. The molecule has 0 saturated carbocycles. The minimum absolute atomic E-state index is 0.0356. The number of nitrogens with one attached hydrogen (secondary N) is 2. The maximum Gasteiger partial charge on any atom is 0.317 e. The van der Waals surface area contributed by atoms with Crippen LogP contribution in [-0.4, -0.2) is 58.9 Å². The van der Waals surface area contributed by atoms with Crippen LogP contribution in [0.5, 0.6) is 0 Å². The van der Waals surface area contributed by atoms with Crippen molar-refractivity contribution in [3.8, 4) is 0 Å². The molecular weight excluding hydrogens is 320 g/mol. The number of pyridine rings is 1.